The van der Waals surface area contributed by atoms with E-state index in [1.807, 2.05) is 29.2 Å². The number of halogens is 2. The third-order valence-electron chi connectivity index (χ3n) is 6.96. The van der Waals surface area contributed by atoms with Crippen LogP contribution >= 0.6 is 23.1 Å². The lowest BCUT2D eigenvalue weighted by atomic mass is 9.96. The molecule has 0 radical (unpaired) electrons. The van der Waals surface area contributed by atoms with E-state index in [1.165, 1.54) is 17.6 Å². The van der Waals surface area contributed by atoms with E-state index in [2.05, 4.69) is 15.9 Å². The number of aromatic hydroxyl groups is 1. The second-order valence-corrected chi connectivity index (χ2v) is 10.0. The van der Waals surface area contributed by atoms with Gasteiger partial charge in [0.2, 0.25) is 5.91 Å². The van der Waals surface area contributed by atoms with Gasteiger partial charge in [-0.3, -0.25) is 4.79 Å². The predicted octanol–water partition coefficient (Wildman–Crippen LogP) is 5.98. The summed E-state index contributed by atoms with van der Waals surface area (Å²) in [6.07, 6.45) is 3.27. The van der Waals surface area contributed by atoms with E-state index in [0.717, 1.165) is 28.6 Å². The molecule has 1 aromatic heterocycles. The lowest BCUT2D eigenvalue weighted by Crippen LogP contribution is -2.55. The minimum absolute atomic E-state index is 0.0293. The minimum Gasteiger partial charge on any atom is -0.508 e. The summed E-state index contributed by atoms with van der Waals surface area (Å²) in [6, 6.07) is 12.7. The molecule has 34 heavy (non-hydrogen) atoms. The maximum atomic E-state index is 15.9. The molecule has 4 aromatic rings. The zero-order valence-electron chi connectivity index (χ0n) is 18.2. The van der Waals surface area contributed by atoms with Crippen molar-refractivity contribution in [1.29, 1.82) is 0 Å². The Hall–Kier alpha value is -3.16. The molecule has 3 aromatic carbocycles. The van der Waals surface area contributed by atoms with Gasteiger partial charge in [-0.05, 0) is 65.0 Å². The number of amides is 1. The molecule has 2 fully saturated rings. The van der Waals surface area contributed by atoms with Crippen LogP contribution in [0.15, 0.2) is 55.1 Å². The fraction of sp³-hybridized carbons (Fsp3) is 0.231. The van der Waals surface area contributed by atoms with E-state index >= 15 is 4.39 Å². The average molecular weight is 494 g/mol. The van der Waals surface area contributed by atoms with Gasteiger partial charge in [-0.15, -0.1) is 0 Å². The standard InChI is InChI=1S/C26H21ClFN3O2S/c1-2-22(33)31-15-7-8-16(31)13-30(12-15)26-20-11-21(27)23(24(28)25(20)29-34-26)19-10-17(32)9-14-5-3-4-6-18(14)19/h2-6,9-11,15-16,32H,1,7-8,12-13H2/t15-,16?/m0/s1. The van der Waals surface area contributed by atoms with Gasteiger partial charge in [0.05, 0.1) is 5.02 Å². The van der Waals surface area contributed by atoms with Crippen LogP contribution in [0, 0.1) is 5.82 Å². The van der Waals surface area contributed by atoms with E-state index in [9.17, 15) is 9.90 Å². The van der Waals surface area contributed by atoms with E-state index in [-0.39, 0.29) is 39.8 Å². The smallest absolute Gasteiger partial charge is 0.246 e. The van der Waals surface area contributed by atoms with E-state index < -0.39 is 5.82 Å². The van der Waals surface area contributed by atoms with E-state index in [4.69, 9.17) is 11.6 Å². The van der Waals surface area contributed by atoms with Crippen molar-refractivity contribution in [2.75, 3.05) is 18.0 Å². The number of hydrogen-bond acceptors (Lipinski definition) is 5. The van der Waals surface area contributed by atoms with Crippen LogP contribution in [0.2, 0.25) is 5.02 Å². The summed E-state index contributed by atoms with van der Waals surface area (Å²) in [5.41, 5.74) is 1.03. The van der Waals surface area contributed by atoms with Gasteiger partial charge in [0.15, 0.2) is 5.82 Å². The quantitative estimate of drug-likeness (QED) is 0.357. The Morgan fingerprint density at radius 2 is 1.91 bits per heavy atom. The van der Waals surface area contributed by atoms with Gasteiger partial charge in [0, 0.05) is 36.1 Å². The first kappa shape index (κ1) is 21.4. The maximum Gasteiger partial charge on any atom is 0.246 e. The van der Waals surface area contributed by atoms with Crippen LogP contribution in [0.5, 0.6) is 5.75 Å². The number of nitrogens with zero attached hydrogens (tertiary/aromatic N) is 3. The van der Waals surface area contributed by atoms with Gasteiger partial charge in [-0.1, -0.05) is 42.4 Å². The number of rotatable bonds is 3. The van der Waals surface area contributed by atoms with Crippen molar-refractivity contribution in [3.8, 4) is 16.9 Å². The number of benzene rings is 3. The maximum absolute atomic E-state index is 15.9. The molecule has 0 spiro atoms. The normalized spacial score (nSPS) is 19.8. The summed E-state index contributed by atoms with van der Waals surface area (Å²) in [6.45, 7) is 4.98. The number of aromatic nitrogens is 1. The Balaban J connectivity index is 1.44. The van der Waals surface area contributed by atoms with Crippen LogP contribution in [0.25, 0.3) is 32.8 Å². The van der Waals surface area contributed by atoms with Gasteiger partial charge < -0.3 is 14.9 Å². The zero-order chi connectivity index (χ0) is 23.6. The number of phenolic OH excluding ortho intramolecular Hbond substituents is 1. The summed E-state index contributed by atoms with van der Waals surface area (Å²) in [7, 11) is 0. The van der Waals surface area contributed by atoms with Gasteiger partial charge in [0.1, 0.15) is 16.3 Å². The van der Waals surface area contributed by atoms with E-state index in [0.29, 0.717) is 24.0 Å². The van der Waals surface area contributed by atoms with Gasteiger partial charge in [-0.2, -0.15) is 4.37 Å². The molecule has 2 aliphatic heterocycles. The Morgan fingerprint density at radius 1 is 1.18 bits per heavy atom. The molecule has 2 bridgehead atoms. The fourth-order valence-electron chi connectivity index (χ4n) is 5.51. The average Bonchev–Trinajstić information content (AvgIpc) is 3.36. The van der Waals surface area contributed by atoms with Crippen LogP contribution in [-0.4, -0.2) is 45.5 Å². The summed E-state index contributed by atoms with van der Waals surface area (Å²) < 4.78 is 20.4. The van der Waals surface area contributed by atoms with Crippen LogP contribution in [0.3, 0.4) is 0 Å². The van der Waals surface area contributed by atoms with Crippen LogP contribution < -0.4 is 4.90 Å². The molecule has 3 heterocycles. The Morgan fingerprint density at radius 3 is 2.65 bits per heavy atom. The number of carbonyl (C=O) groups excluding carboxylic acids is 1. The fourth-order valence-corrected chi connectivity index (χ4v) is 6.68. The molecule has 1 N–H and O–H groups in total. The van der Waals surface area contributed by atoms with Crippen molar-refractivity contribution in [2.24, 2.45) is 0 Å². The molecule has 2 aliphatic rings. The molecule has 2 saturated heterocycles. The molecule has 0 aliphatic carbocycles. The van der Waals surface area contributed by atoms with Gasteiger partial charge >= 0.3 is 0 Å². The van der Waals surface area contributed by atoms with E-state index in [1.54, 1.807) is 18.2 Å². The second kappa shape index (κ2) is 7.96. The molecule has 6 rings (SSSR count). The van der Waals surface area contributed by atoms with Crippen molar-refractivity contribution < 1.29 is 14.3 Å². The minimum atomic E-state index is -0.496. The van der Waals surface area contributed by atoms with Gasteiger partial charge in [-0.25, -0.2) is 4.39 Å². The number of fused-ring (bicyclic) bond motifs is 4. The highest BCUT2D eigenvalue weighted by Gasteiger charge is 2.42. The lowest BCUT2D eigenvalue weighted by molar-refractivity contribution is -0.129. The second-order valence-electron chi connectivity index (χ2n) is 8.89. The summed E-state index contributed by atoms with van der Waals surface area (Å²) in [4.78, 5) is 16.4. The molecule has 2 atom stereocenters. The molecular weight excluding hydrogens is 473 g/mol. The highest BCUT2D eigenvalue weighted by Crippen LogP contribution is 2.45. The van der Waals surface area contributed by atoms with Crippen molar-refractivity contribution in [1.82, 2.24) is 9.27 Å². The Labute approximate surface area is 204 Å². The number of phenols is 1. The summed E-state index contributed by atoms with van der Waals surface area (Å²) >= 11 is 7.94. The van der Waals surface area contributed by atoms with Crippen LogP contribution in [-0.2, 0) is 4.79 Å². The third kappa shape index (κ3) is 3.18. The summed E-state index contributed by atoms with van der Waals surface area (Å²) in [5, 5.41) is 13.7. The molecule has 1 amide bonds. The number of carbonyl (C=O) groups is 1. The molecular formula is C26H21ClFN3O2S. The van der Waals surface area contributed by atoms with Crippen molar-refractivity contribution in [2.45, 2.75) is 24.9 Å². The Bertz CT molecular complexity index is 1470. The van der Waals surface area contributed by atoms with Gasteiger partial charge in [0.25, 0.3) is 0 Å². The number of hydrogen-bond donors (Lipinski definition) is 1. The molecule has 0 saturated carbocycles. The monoisotopic (exact) mass is 493 g/mol. The van der Waals surface area contributed by atoms with Crippen molar-refractivity contribution in [3.05, 3.63) is 66.0 Å². The molecule has 8 heteroatoms. The third-order valence-corrected chi connectivity index (χ3v) is 8.18. The first-order valence-electron chi connectivity index (χ1n) is 11.2. The van der Waals surface area contributed by atoms with Crippen molar-refractivity contribution >= 4 is 55.7 Å². The number of anilines is 1. The summed E-state index contributed by atoms with van der Waals surface area (Å²) in [5.74, 6) is -0.478. The molecule has 172 valence electrons. The first-order valence-corrected chi connectivity index (χ1v) is 12.3. The highest BCUT2D eigenvalue weighted by molar-refractivity contribution is 7.11. The molecule has 5 nitrogen and oxygen atoms in total. The lowest BCUT2D eigenvalue weighted by Gasteiger charge is -2.41. The first-order chi connectivity index (χ1) is 16.5. The highest BCUT2D eigenvalue weighted by atomic mass is 35.5. The number of piperazine rings is 1. The molecule has 1 unspecified atom stereocenters. The zero-order valence-corrected chi connectivity index (χ0v) is 19.7. The van der Waals surface area contributed by atoms with Crippen LogP contribution in [0.1, 0.15) is 12.8 Å². The largest absolute Gasteiger partial charge is 0.508 e. The topological polar surface area (TPSA) is 56.7 Å². The van der Waals surface area contributed by atoms with Crippen molar-refractivity contribution in [3.63, 3.8) is 0 Å². The SMILES string of the molecule is C=CC(=O)N1C2CC[C@H]1CN(c1snc3c(F)c(-c4cc(O)cc5ccccc45)c(Cl)cc13)C2. The van der Waals surface area contributed by atoms with Crippen LogP contribution in [0.4, 0.5) is 9.39 Å². The predicted molar refractivity (Wildman–Crippen MR) is 135 cm³/mol. The Kier molecular flexibility index (Phi) is 5.00.